The first-order chi connectivity index (χ1) is 6.15. The second-order valence-corrected chi connectivity index (χ2v) is 3.67. The van der Waals surface area contributed by atoms with E-state index < -0.39 is 0 Å². The lowest BCUT2D eigenvalue weighted by Crippen LogP contribution is -1.86. The van der Waals surface area contributed by atoms with Crippen molar-refractivity contribution in [3.05, 3.63) is 47.1 Å². The van der Waals surface area contributed by atoms with Crippen LogP contribution in [-0.4, -0.2) is 0 Å². The molecule has 0 heteroatoms. The highest BCUT2D eigenvalue weighted by Crippen LogP contribution is 2.23. The topological polar surface area (TPSA) is 0 Å². The van der Waals surface area contributed by atoms with Gasteiger partial charge in [-0.1, -0.05) is 42.9 Å². The number of rotatable bonds is 2. The summed E-state index contributed by atoms with van der Waals surface area (Å²) in [7, 11) is 0. The quantitative estimate of drug-likeness (QED) is 0.589. The summed E-state index contributed by atoms with van der Waals surface area (Å²) in [6.45, 7) is 10.5. The second kappa shape index (κ2) is 4.27. The SMILES string of the molecule is C=C(C)C1=C(CC)C=C(C)CC=C1. The number of allylic oxidation sites excluding steroid dienone is 7. The molecule has 0 aromatic rings. The molecule has 0 saturated carbocycles. The van der Waals surface area contributed by atoms with Crippen LogP contribution in [0.3, 0.4) is 0 Å². The van der Waals surface area contributed by atoms with Crippen molar-refractivity contribution in [3.8, 4) is 0 Å². The molecule has 70 valence electrons. The van der Waals surface area contributed by atoms with Gasteiger partial charge in [0.25, 0.3) is 0 Å². The third-order valence-electron chi connectivity index (χ3n) is 2.33. The summed E-state index contributed by atoms with van der Waals surface area (Å²) in [5, 5.41) is 0. The molecule has 0 spiro atoms. The van der Waals surface area contributed by atoms with Gasteiger partial charge < -0.3 is 0 Å². The van der Waals surface area contributed by atoms with Gasteiger partial charge >= 0.3 is 0 Å². The average Bonchev–Trinajstić information content (AvgIpc) is 2.26. The van der Waals surface area contributed by atoms with E-state index in [0.717, 1.165) is 12.8 Å². The molecule has 0 nitrogen and oxygen atoms in total. The zero-order chi connectivity index (χ0) is 9.84. The van der Waals surface area contributed by atoms with Crippen LogP contribution in [-0.2, 0) is 0 Å². The normalized spacial score (nSPS) is 17.0. The van der Waals surface area contributed by atoms with E-state index >= 15 is 0 Å². The molecule has 0 saturated heterocycles. The van der Waals surface area contributed by atoms with Crippen molar-refractivity contribution < 1.29 is 0 Å². The maximum atomic E-state index is 4.01. The Morgan fingerprint density at radius 1 is 1.54 bits per heavy atom. The highest BCUT2D eigenvalue weighted by molar-refractivity contribution is 5.47. The lowest BCUT2D eigenvalue weighted by molar-refractivity contribution is 1.11. The fourth-order valence-corrected chi connectivity index (χ4v) is 1.61. The zero-order valence-corrected chi connectivity index (χ0v) is 8.85. The van der Waals surface area contributed by atoms with Crippen LogP contribution in [0.4, 0.5) is 0 Å². The Morgan fingerprint density at radius 2 is 2.23 bits per heavy atom. The summed E-state index contributed by atoms with van der Waals surface area (Å²) in [5.41, 5.74) is 5.33. The van der Waals surface area contributed by atoms with Crippen LogP contribution in [0.2, 0.25) is 0 Å². The molecule has 0 heterocycles. The number of hydrogen-bond donors (Lipinski definition) is 0. The fourth-order valence-electron chi connectivity index (χ4n) is 1.61. The van der Waals surface area contributed by atoms with Gasteiger partial charge in [-0.15, -0.1) is 0 Å². The lowest BCUT2D eigenvalue weighted by Gasteiger charge is -2.06. The van der Waals surface area contributed by atoms with E-state index in [-0.39, 0.29) is 0 Å². The smallest absolute Gasteiger partial charge is 0.0135 e. The van der Waals surface area contributed by atoms with Crippen molar-refractivity contribution >= 4 is 0 Å². The molecule has 0 atom stereocenters. The maximum Gasteiger partial charge on any atom is -0.0135 e. The Morgan fingerprint density at radius 3 is 2.77 bits per heavy atom. The van der Waals surface area contributed by atoms with Crippen LogP contribution in [0.5, 0.6) is 0 Å². The van der Waals surface area contributed by atoms with Crippen LogP contribution >= 0.6 is 0 Å². The van der Waals surface area contributed by atoms with Crippen molar-refractivity contribution in [2.24, 2.45) is 0 Å². The minimum absolute atomic E-state index is 1.07. The maximum absolute atomic E-state index is 4.01. The number of hydrogen-bond acceptors (Lipinski definition) is 0. The molecule has 0 aromatic heterocycles. The van der Waals surface area contributed by atoms with Crippen molar-refractivity contribution in [2.75, 3.05) is 0 Å². The molecule has 0 fully saturated rings. The van der Waals surface area contributed by atoms with E-state index in [1.165, 1.54) is 22.3 Å². The summed E-state index contributed by atoms with van der Waals surface area (Å²) >= 11 is 0. The molecule has 13 heavy (non-hydrogen) atoms. The van der Waals surface area contributed by atoms with Crippen molar-refractivity contribution in [3.63, 3.8) is 0 Å². The summed E-state index contributed by atoms with van der Waals surface area (Å²) in [6.07, 6.45) is 8.88. The van der Waals surface area contributed by atoms with Crippen LogP contribution < -0.4 is 0 Å². The largest absolute Gasteiger partial charge is 0.0955 e. The fraction of sp³-hybridized carbons (Fsp3) is 0.385. The van der Waals surface area contributed by atoms with Gasteiger partial charge in [-0.25, -0.2) is 0 Å². The molecule has 0 amide bonds. The van der Waals surface area contributed by atoms with Crippen LogP contribution in [0, 0.1) is 0 Å². The standard InChI is InChI=1S/C13H18/c1-5-12-9-11(4)7-6-8-13(12)10(2)3/h6,8-9H,2,5,7H2,1,3-4H3. The Balaban J connectivity index is 3.15. The molecule has 0 N–H and O–H groups in total. The first-order valence-corrected chi connectivity index (χ1v) is 4.88. The minimum Gasteiger partial charge on any atom is -0.0955 e. The zero-order valence-electron chi connectivity index (χ0n) is 8.85. The highest BCUT2D eigenvalue weighted by Gasteiger charge is 2.04. The van der Waals surface area contributed by atoms with E-state index in [1.54, 1.807) is 0 Å². The van der Waals surface area contributed by atoms with E-state index in [4.69, 9.17) is 0 Å². The first kappa shape index (κ1) is 10.0. The summed E-state index contributed by atoms with van der Waals surface area (Å²) < 4.78 is 0. The summed E-state index contributed by atoms with van der Waals surface area (Å²) in [6, 6.07) is 0. The van der Waals surface area contributed by atoms with E-state index in [0.29, 0.717) is 0 Å². The molecule has 0 unspecified atom stereocenters. The van der Waals surface area contributed by atoms with Gasteiger partial charge in [-0.3, -0.25) is 0 Å². The van der Waals surface area contributed by atoms with Gasteiger partial charge in [0.1, 0.15) is 0 Å². The molecule has 0 radical (unpaired) electrons. The summed E-state index contributed by atoms with van der Waals surface area (Å²) in [5.74, 6) is 0. The first-order valence-electron chi connectivity index (χ1n) is 4.88. The van der Waals surface area contributed by atoms with E-state index in [2.05, 4.69) is 45.6 Å². The Hall–Kier alpha value is -1.04. The molecular weight excluding hydrogens is 156 g/mol. The summed E-state index contributed by atoms with van der Waals surface area (Å²) in [4.78, 5) is 0. The molecule has 0 aliphatic heterocycles. The Kier molecular flexibility index (Phi) is 3.30. The van der Waals surface area contributed by atoms with Gasteiger partial charge in [0, 0.05) is 0 Å². The van der Waals surface area contributed by atoms with Gasteiger partial charge in [-0.05, 0) is 37.8 Å². The van der Waals surface area contributed by atoms with Crippen LogP contribution in [0.15, 0.2) is 47.1 Å². The van der Waals surface area contributed by atoms with Gasteiger partial charge in [0.2, 0.25) is 0 Å². The highest BCUT2D eigenvalue weighted by atomic mass is 14.1. The van der Waals surface area contributed by atoms with Crippen molar-refractivity contribution in [2.45, 2.75) is 33.6 Å². The molecule has 0 bridgehead atoms. The van der Waals surface area contributed by atoms with Gasteiger partial charge in [0.05, 0.1) is 0 Å². The van der Waals surface area contributed by atoms with Gasteiger partial charge in [0.15, 0.2) is 0 Å². The predicted octanol–water partition coefficient (Wildman–Crippen LogP) is 4.18. The lowest BCUT2D eigenvalue weighted by atomic mass is 10.00. The third kappa shape index (κ3) is 2.45. The van der Waals surface area contributed by atoms with Gasteiger partial charge in [-0.2, -0.15) is 0 Å². The molecule has 1 aliphatic carbocycles. The average molecular weight is 174 g/mol. The van der Waals surface area contributed by atoms with Crippen LogP contribution in [0.1, 0.15) is 33.6 Å². The third-order valence-corrected chi connectivity index (χ3v) is 2.33. The van der Waals surface area contributed by atoms with E-state index in [9.17, 15) is 0 Å². The Labute approximate surface area is 81.4 Å². The van der Waals surface area contributed by atoms with E-state index in [1.807, 2.05) is 0 Å². The second-order valence-electron chi connectivity index (χ2n) is 3.67. The van der Waals surface area contributed by atoms with Crippen molar-refractivity contribution in [1.82, 2.24) is 0 Å². The Bertz CT molecular complexity index is 298. The van der Waals surface area contributed by atoms with Crippen molar-refractivity contribution in [1.29, 1.82) is 0 Å². The minimum atomic E-state index is 1.07. The predicted molar refractivity (Wildman–Crippen MR) is 59.6 cm³/mol. The molecule has 1 rings (SSSR count). The molecule has 0 aromatic carbocycles. The monoisotopic (exact) mass is 174 g/mol. The molecular formula is C13H18. The molecule has 1 aliphatic rings. The van der Waals surface area contributed by atoms with Crippen LogP contribution in [0.25, 0.3) is 0 Å².